The van der Waals surface area contributed by atoms with Gasteiger partial charge in [-0.2, -0.15) is 17.4 Å². The molecule has 1 atom stereocenters. The zero-order valence-electron chi connectivity index (χ0n) is 15.5. The maximum atomic E-state index is 12.5. The van der Waals surface area contributed by atoms with Gasteiger partial charge < -0.3 is 9.84 Å². The van der Waals surface area contributed by atoms with Gasteiger partial charge >= 0.3 is 5.97 Å². The molecule has 8 heteroatoms. The summed E-state index contributed by atoms with van der Waals surface area (Å²) in [6, 6.07) is 17.0. The second kappa shape index (κ2) is 9.18. The van der Waals surface area contributed by atoms with E-state index in [-0.39, 0.29) is 13.1 Å². The molecule has 150 valence electrons. The quantitative estimate of drug-likeness (QED) is 0.704. The third-order valence-electron chi connectivity index (χ3n) is 4.70. The van der Waals surface area contributed by atoms with Crippen molar-refractivity contribution < 1.29 is 23.1 Å². The van der Waals surface area contributed by atoms with E-state index < -0.39 is 22.1 Å². The molecule has 0 spiro atoms. The molecule has 2 N–H and O–H groups in total. The lowest BCUT2D eigenvalue weighted by Gasteiger charge is -2.29. The highest BCUT2D eigenvalue weighted by molar-refractivity contribution is 7.87. The number of carboxylic acids is 1. The number of carbonyl (C=O) groups is 1. The SMILES string of the molecule is O=C(O)C1CCCN(S(=O)(=O)NCc2ccc(OCc3ccccc3)cc2)C1. The molecule has 1 unspecified atom stereocenters. The molecule has 0 aromatic heterocycles. The van der Waals surface area contributed by atoms with Crippen LogP contribution in [0.3, 0.4) is 0 Å². The molecule has 28 heavy (non-hydrogen) atoms. The highest BCUT2D eigenvalue weighted by Gasteiger charge is 2.31. The molecule has 0 amide bonds. The fourth-order valence-corrected chi connectivity index (χ4v) is 4.35. The number of carboxylic acid groups (broad SMARTS) is 1. The standard InChI is InChI=1S/C20H24N2O5S/c23-20(24)18-7-4-12-22(14-18)28(25,26)21-13-16-8-10-19(11-9-16)27-15-17-5-2-1-3-6-17/h1-3,5-6,8-11,18,21H,4,7,12-15H2,(H,23,24). The van der Waals surface area contributed by atoms with Gasteiger partial charge in [0.25, 0.3) is 10.2 Å². The van der Waals surface area contributed by atoms with Crippen LogP contribution in [0.15, 0.2) is 54.6 Å². The average Bonchev–Trinajstić information content (AvgIpc) is 2.72. The van der Waals surface area contributed by atoms with Gasteiger partial charge in [0.1, 0.15) is 12.4 Å². The first-order valence-corrected chi connectivity index (χ1v) is 10.6. The van der Waals surface area contributed by atoms with Gasteiger partial charge in [0.05, 0.1) is 5.92 Å². The fourth-order valence-electron chi connectivity index (χ4n) is 3.07. The monoisotopic (exact) mass is 404 g/mol. The van der Waals surface area contributed by atoms with Crippen molar-refractivity contribution in [3.63, 3.8) is 0 Å². The van der Waals surface area contributed by atoms with Gasteiger partial charge in [-0.3, -0.25) is 4.79 Å². The van der Waals surface area contributed by atoms with Crippen molar-refractivity contribution >= 4 is 16.2 Å². The van der Waals surface area contributed by atoms with E-state index in [0.717, 1.165) is 11.1 Å². The largest absolute Gasteiger partial charge is 0.489 e. The van der Waals surface area contributed by atoms with Gasteiger partial charge in [-0.25, -0.2) is 0 Å². The number of ether oxygens (including phenoxy) is 1. The van der Waals surface area contributed by atoms with Crippen molar-refractivity contribution in [3.8, 4) is 5.75 Å². The lowest BCUT2D eigenvalue weighted by Crippen LogP contribution is -2.47. The number of hydrogen-bond acceptors (Lipinski definition) is 4. The maximum absolute atomic E-state index is 12.5. The fraction of sp³-hybridized carbons (Fsp3) is 0.350. The van der Waals surface area contributed by atoms with E-state index in [1.165, 1.54) is 4.31 Å². The number of hydrogen-bond donors (Lipinski definition) is 2. The predicted molar refractivity (Wildman–Crippen MR) is 105 cm³/mol. The van der Waals surface area contributed by atoms with Crippen molar-refractivity contribution in [1.82, 2.24) is 9.03 Å². The molecule has 2 aromatic rings. The minimum absolute atomic E-state index is 0.0108. The molecule has 1 saturated heterocycles. The molecule has 0 bridgehead atoms. The number of piperidine rings is 1. The van der Waals surface area contributed by atoms with Crippen LogP contribution in [0.1, 0.15) is 24.0 Å². The Labute approximate surface area is 165 Å². The first-order valence-electron chi connectivity index (χ1n) is 9.17. The topological polar surface area (TPSA) is 95.9 Å². The first kappa shape index (κ1) is 20.3. The van der Waals surface area contributed by atoms with Gasteiger partial charge in [-0.1, -0.05) is 42.5 Å². The van der Waals surface area contributed by atoms with E-state index in [1.807, 2.05) is 30.3 Å². The number of nitrogens with one attached hydrogen (secondary N) is 1. The number of rotatable bonds is 8. The molecule has 0 aliphatic carbocycles. The van der Waals surface area contributed by atoms with Crippen molar-refractivity contribution in [2.45, 2.75) is 26.0 Å². The molecule has 1 aliphatic heterocycles. The Morgan fingerprint density at radius 3 is 2.50 bits per heavy atom. The van der Waals surface area contributed by atoms with Crippen molar-refractivity contribution in [2.75, 3.05) is 13.1 Å². The maximum Gasteiger partial charge on any atom is 0.307 e. The van der Waals surface area contributed by atoms with Crippen LogP contribution in [0.2, 0.25) is 0 Å². The Bertz CT molecular complexity index is 885. The van der Waals surface area contributed by atoms with Gasteiger partial charge in [-0.05, 0) is 36.1 Å². The molecular weight excluding hydrogens is 380 g/mol. The Morgan fingerprint density at radius 2 is 1.82 bits per heavy atom. The Kier molecular flexibility index (Phi) is 6.66. The molecule has 1 aliphatic rings. The van der Waals surface area contributed by atoms with E-state index >= 15 is 0 Å². The van der Waals surface area contributed by atoms with Gasteiger partial charge in [0.15, 0.2) is 0 Å². The van der Waals surface area contributed by atoms with Crippen LogP contribution in [0.25, 0.3) is 0 Å². The third kappa shape index (κ3) is 5.54. The van der Waals surface area contributed by atoms with Gasteiger partial charge in [0, 0.05) is 19.6 Å². The van der Waals surface area contributed by atoms with E-state index in [1.54, 1.807) is 24.3 Å². The van der Waals surface area contributed by atoms with Crippen LogP contribution in [0.4, 0.5) is 0 Å². The van der Waals surface area contributed by atoms with Gasteiger partial charge in [0.2, 0.25) is 0 Å². The summed E-state index contributed by atoms with van der Waals surface area (Å²) in [5.74, 6) is -0.895. The molecule has 1 heterocycles. The van der Waals surface area contributed by atoms with E-state index in [2.05, 4.69) is 4.72 Å². The summed E-state index contributed by atoms with van der Waals surface area (Å²) < 4.78 is 34.4. The zero-order valence-corrected chi connectivity index (χ0v) is 16.3. The van der Waals surface area contributed by atoms with E-state index in [0.29, 0.717) is 31.7 Å². The smallest absolute Gasteiger partial charge is 0.307 e. The van der Waals surface area contributed by atoms with Crippen molar-refractivity contribution in [2.24, 2.45) is 5.92 Å². The van der Waals surface area contributed by atoms with Crippen molar-refractivity contribution in [3.05, 3.63) is 65.7 Å². The molecule has 2 aromatic carbocycles. The molecule has 3 rings (SSSR count). The summed E-state index contributed by atoms with van der Waals surface area (Å²) >= 11 is 0. The molecule has 0 radical (unpaired) electrons. The van der Waals surface area contributed by atoms with Crippen LogP contribution in [-0.2, 0) is 28.2 Å². The van der Waals surface area contributed by atoms with Gasteiger partial charge in [-0.15, -0.1) is 0 Å². The Hall–Kier alpha value is -2.42. The highest BCUT2D eigenvalue weighted by Crippen LogP contribution is 2.19. The summed E-state index contributed by atoms with van der Waals surface area (Å²) in [6.07, 6.45) is 1.05. The number of nitrogens with zero attached hydrogens (tertiary/aromatic N) is 1. The van der Waals surface area contributed by atoms with Crippen molar-refractivity contribution in [1.29, 1.82) is 0 Å². The predicted octanol–water partition coefficient (Wildman–Crippen LogP) is 2.40. The Balaban J connectivity index is 1.51. The minimum Gasteiger partial charge on any atom is -0.489 e. The summed E-state index contributed by atoms with van der Waals surface area (Å²) in [5.41, 5.74) is 1.86. The lowest BCUT2D eigenvalue weighted by atomic mass is 10.0. The van der Waals surface area contributed by atoms with Crippen LogP contribution >= 0.6 is 0 Å². The third-order valence-corrected chi connectivity index (χ3v) is 6.22. The summed E-state index contributed by atoms with van der Waals surface area (Å²) in [5, 5.41) is 9.12. The average molecular weight is 404 g/mol. The molecule has 7 nitrogen and oxygen atoms in total. The summed E-state index contributed by atoms with van der Waals surface area (Å²) in [7, 11) is -3.72. The second-order valence-electron chi connectivity index (χ2n) is 6.78. The molecule has 1 fully saturated rings. The van der Waals surface area contributed by atoms with E-state index in [9.17, 15) is 13.2 Å². The number of benzene rings is 2. The van der Waals surface area contributed by atoms with E-state index in [4.69, 9.17) is 9.84 Å². The minimum atomic E-state index is -3.72. The summed E-state index contributed by atoms with van der Waals surface area (Å²) in [4.78, 5) is 11.1. The number of aliphatic carboxylic acids is 1. The first-order chi connectivity index (χ1) is 13.4. The second-order valence-corrected chi connectivity index (χ2v) is 8.53. The lowest BCUT2D eigenvalue weighted by molar-refractivity contribution is -0.142. The zero-order chi connectivity index (χ0) is 20.0. The van der Waals surface area contributed by atoms with Crippen LogP contribution in [-0.4, -0.2) is 36.9 Å². The molecular formula is C20H24N2O5S. The highest BCUT2D eigenvalue weighted by atomic mass is 32.2. The molecule has 0 saturated carbocycles. The normalized spacial score (nSPS) is 17.9. The summed E-state index contributed by atoms with van der Waals surface area (Å²) in [6.45, 7) is 0.949. The van der Waals surface area contributed by atoms with Crippen LogP contribution in [0.5, 0.6) is 5.75 Å². The van der Waals surface area contributed by atoms with Crippen LogP contribution < -0.4 is 9.46 Å². The Morgan fingerprint density at radius 1 is 1.11 bits per heavy atom. The van der Waals surface area contributed by atoms with Crippen LogP contribution in [0, 0.1) is 5.92 Å².